The van der Waals surface area contributed by atoms with Gasteiger partial charge in [0.25, 0.3) is 0 Å². The van der Waals surface area contributed by atoms with Crippen molar-refractivity contribution in [2.75, 3.05) is 28.0 Å². The van der Waals surface area contributed by atoms with E-state index in [0.717, 1.165) is 0 Å². The fourth-order valence-corrected chi connectivity index (χ4v) is 0.299. The highest BCUT2D eigenvalue weighted by atomic mass is 16.8. The van der Waals surface area contributed by atoms with E-state index in [4.69, 9.17) is 5.84 Å². The molecule has 1 unspecified atom stereocenters. The average Bonchev–Trinajstić information content (AvgIpc) is 1.67. The van der Waals surface area contributed by atoms with Crippen molar-refractivity contribution in [1.29, 1.82) is 0 Å². The van der Waals surface area contributed by atoms with Gasteiger partial charge in [0.1, 0.15) is 0 Å². The Balaban J connectivity index is 3.37. The van der Waals surface area contributed by atoms with Gasteiger partial charge in [-0.3, -0.25) is 0 Å². The van der Waals surface area contributed by atoms with Crippen LogP contribution in [0.25, 0.3) is 5.84 Å². The highest BCUT2D eigenvalue weighted by Gasteiger charge is 2.04. The smallest absolute Gasteiger partial charge is 0.203 e. The number of nitrogens with zero attached hydrogens (tertiary/aromatic N) is 1. The minimum Gasteiger partial charge on any atom is -0.431 e. The second-order valence-corrected chi connectivity index (χ2v) is 1.70. The number of hydrogen-bond acceptors (Lipinski definition) is 2. The summed E-state index contributed by atoms with van der Waals surface area (Å²) >= 11 is 0. The standard InChI is InChI=1S/C4H12N2O2/c1-6(5,8-3)4-7-2/h5H,4H2,1-3H3. The van der Waals surface area contributed by atoms with Crippen LogP contribution in [0.4, 0.5) is 0 Å². The molecule has 50 valence electrons. The number of methoxy groups -OCH3 is 1. The van der Waals surface area contributed by atoms with Gasteiger partial charge in [0, 0.05) is 7.11 Å². The Bertz CT molecular complexity index is 65.1. The van der Waals surface area contributed by atoms with Crippen LogP contribution in [-0.2, 0) is 9.57 Å². The molecule has 0 aromatic carbocycles. The van der Waals surface area contributed by atoms with Gasteiger partial charge in [0.2, 0.25) is 6.73 Å². The van der Waals surface area contributed by atoms with E-state index >= 15 is 0 Å². The van der Waals surface area contributed by atoms with Crippen LogP contribution in [0.15, 0.2) is 0 Å². The summed E-state index contributed by atoms with van der Waals surface area (Å²) in [5.74, 6) is 7.17. The summed E-state index contributed by atoms with van der Waals surface area (Å²) in [5, 5.41) is 0. The minimum atomic E-state index is -0.309. The average molecular weight is 120 g/mol. The van der Waals surface area contributed by atoms with E-state index in [2.05, 4.69) is 9.57 Å². The Morgan fingerprint density at radius 3 is 2.12 bits per heavy atom. The zero-order chi connectivity index (χ0) is 6.62. The summed E-state index contributed by atoms with van der Waals surface area (Å²) in [6.07, 6.45) is 0. The number of hydrogen-bond donors (Lipinski definition) is 0. The van der Waals surface area contributed by atoms with Gasteiger partial charge in [-0.25, -0.2) is 9.59 Å². The lowest BCUT2D eigenvalue weighted by Crippen LogP contribution is -2.35. The summed E-state index contributed by atoms with van der Waals surface area (Å²) in [7, 11) is 4.58. The Labute approximate surface area is 49.3 Å². The third-order valence-corrected chi connectivity index (χ3v) is 0.778. The number of nitrogens with one attached hydrogen (secondary N) is 1. The zero-order valence-corrected chi connectivity index (χ0v) is 5.47. The van der Waals surface area contributed by atoms with Crippen molar-refractivity contribution in [3.05, 3.63) is 5.84 Å². The van der Waals surface area contributed by atoms with E-state index < -0.39 is 0 Å². The molecule has 8 heavy (non-hydrogen) atoms. The van der Waals surface area contributed by atoms with Gasteiger partial charge >= 0.3 is 0 Å². The SMILES string of the molecule is COC[N+](C)([NH-])OC. The third kappa shape index (κ3) is 2.92. The Hall–Kier alpha value is -0.160. The topological polar surface area (TPSA) is 42.3 Å². The predicted octanol–water partition coefficient (Wildman–Crippen LogP) is 0.565. The van der Waals surface area contributed by atoms with Gasteiger partial charge in [-0.05, 0) is 0 Å². The maximum absolute atomic E-state index is 7.17. The van der Waals surface area contributed by atoms with Crippen molar-refractivity contribution < 1.29 is 14.3 Å². The number of rotatable bonds is 3. The Morgan fingerprint density at radius 1 is 1.50 bits per heavy atom. The van der Waals surface area contributed by atoms with E-state index in [1.54, 1.807) is 7.05 Å². The van der Waals surface area contributed by atoms with Crippen molar-refractivity contribution >= 4 is 0 Å². The number of hydroxylamine groups is 2. The first-order valence-electron chi connectivity index (χ1n) is 2.27. The molecular formula is C4H12N2O2. The second-order valence-electron chi connectivity index (χ2n) is 1.70. The summed E-state index contributed by atoms with van der Waals surface area (Å²) < 4.78 is 4.35. The largest absolute Gasteiger partial charge is 0.431 e. The third-order valence-electron chi connectivity index (χ3n) is 0.778. The van der Waals surface area contributed by atoms with Crippen LogP contribution in [0.3, 0.4) is 0 Å². The van der Waals surface area contributed by atoms with E-state index in [-0.39, 0.29) is 11.5 Å². The number of quaternary nitrogens is 1. The highest BCUT2D eigenvalue weighted by Crippen LogP contribution is 1.98. The lowest BCUT2D eigenvalue weighted by Gasteiger charge is -2.31. The molecule has 0 aromatic heterocycles. The molecule has 0 fully saturated rings. The van der Waals surface area contributed by atoms with Crippen molar-refractivity contribution in [3.63, 3.8) is 0 Å². The summed E-state index contributed by atoms with van der Waals surface area (Å²) in [6, 6.07) is 0. The van der Waals surface area contributed by atoms with Crippen LogP contribution in [0, 0.1) is 0 Å². The molecule has 4 heteroatoms. The quantitative estimate of drug-likeness (QED) is 0.310. The normalized spacial score (nSPS) is 18.0. The van der Waals surface area contributed by atoms with Crippen LogP contribution in [0.5, 0.6) is 0 Å². The van der Waals surface area contributed by atoms with Gasteiger partial charge < -0.3 is 10.6 Å². The lowest BCUT2D eigenvalue weighted by molar-refractivity contribution is -1.06. The van der Waals surface area contributed by atoms with E-state index in [1.807, 2.05) is 0 Å². The molecule has 0 rings (SSSR count). The van der Waals surface area contributed by atoms with Crippen molar-refractivity contribution in [2.45, 2.75) is 0 Å². The molecule has 0 spiro atoms. The van der Waals surface area contributed by atoms with Gasteiger partial charge in [0.15, 0.2) is 0 Å². The van der Waals surface area contributed by atoms with Crippen LogP contribution >= 0.6 is 0 Å². The summed E-state index contributed by atoms with van der Waals surface area (Å²) in [5.41, 5.74) is 0. The molecule has 0 aromatic rings. The molecular weight excluding hydrogens is 108 g/mol. The van der Waals surface area contributed by atoms with Crippen molar-refractivity contribution in [3.8, 4) is 0 Å². The molecule has 1 atom stereocenters. The first-order valence-corrected chi connectivity index (χ1v) is 2.27. The molecule has 0 heterocycles. The maximum atomic E-state index is 7.17. The number of ether oxygens (including phenoxy) is 1. The van der Waals surface area contributed by atoms with Crippen molar-refractivity contribution in [2.24, 2.45) is 0 Å². The molecule has 0 saturated heterocycles. The monoisotopic (exact) mass is 120 g/mol. The van der Waals surface area contributed by atoms with Crippen LogP contribution in [0.2, 0.25) is 0 Å². The van der Waals surface area contributed by atoms with Crippen LogP contribution in [-0.4, -0.2) is 32.8 Å². The van der Waals surface area contributed by atoms with Crippen LogP contribution < -0.4 is 0 Å². The molecule has 0 aliphatic carbocycles. The summed E-state index contributed by atoms with van der Waals surface area (Å²) in [4.78, 5) is 4.66. The first-order chi connectivity index (χ1) is 3.62. The first kappa shape index (κ1) is 7.84. The molecule has 0 saturated carbocycles. The predicted molar refractivity (Wildman–Crippen MR) is 29.4 cm³/mol. The van der Waals surface area contributed by atoms with Gasteiger partial charge in [-0.15, -0.1) is 0 Å². The molecule has 0 aliphatic rings. The zero-order valence-electron chi connectivity index (χ0n) is 5.47. The van der Waals surface area contributed by atoms with E-state index in [0.29, 0.717) is 0 Å². The van der Waals surface area contributed by atoms with E-state index in [9.17, 15) is 0 Å². The summed E-state index contributed by atoms with van der Waals surface area (Å²) in [6.45, 7) is 0.247. The molecule has 0 radical (unpaired) electrons. The van der Waals surface area contributed by atoms with Crippen LogP contribution in [0.1, 0.15) is 0 Å². The highest BCUT2D eigenvalue weighted by molar-refractivity contribution is 4.07. The van der Waals surface area contributed by atoms with E-state index in [1.165, 1.54) is 14.2 Å². The maximum Gasteiger partial charge on any atom is 0.203 e. The van der Waals surface area contributed by atoms with Gasteiger partial charge in [-0.1, -0.05) is 0 Å². The Kier molecular flexibility index (Phi) is 2.93. The molecule has 4 nitrogen and oxygen atoms in total. The molecule has 1 N–H and O–H groups in total. The fourth-order valence-electron chi connectivity index (χ4n) is 0.299. The van der Waals surface area contributed by atoms with Crippen molar-refractivity contribution in [1.82, 2.24) is 0 Å². The van der Waals surface area contributed by atoms with Gasteiger partial charge in [-0.2, -0.15) is 0 Å². The lowest BCUT2D eigenvalue weighted by atomic mass is 11.0. The molecule has 0 aliphatic heterocycles. The Morgan fingerprint density at radius 2 is 2.00 bits per heavy atom. The van der Waals surface area contributed by atoms with Gasteiger partial charge in [0.05, 0.1) is 14.2 Å². The minimum absolute atomic E-state index is 0.247. The second kappa shape index (κ2) is 2.99. The molecule has 0 amide bonds. The fraction of sp³-hybridized carbons (Fsp3) is 1.00. The molecule has 0 bridgehead atoms.